The van der Waals surface area contributed by atoms with Crippen molar-refractivity contribution in [3.05, 3.63) is 0 Å². The van der Waals surface area contributed by atoms with Gasteiger partial charge in [0.05, 0.1) is 13.1 Å². The lowest BCUT2D eigenvalue weighted by Crippen LogP contribution is -2.22. The van der Waals surface area contributed by atoms with Crippen molar-refractivity contribution in [1.29, 1.82) is 0 Å². The van der Waals surface area contributed by atoms with Crippen LogP contribution in [0.3, 0.4) is 0 Å². The van der Waals surface area contributed by atoms with E-state index in [0.717, 1.165) is 25.7 Å². The topological polar surface area (TPSA) is 37.3 Å². The third-order valence-electron chi connectivity index (χ3n) is 2.47. The van der Waals surface area contributed by atoms with Gasteiger partial charge in [-0.2, -0.15) is 0 Å². The van der Waals surface area contributed by atoms with Crippen LogP contribution in [0.1, 0.15) is 32.1 Å². The largest absolute Gasteiger partial charge is 0.481 e. The number of alkyl halides is 1. The molecule has 2 nitrogen and oxygen atoms in total. The van der Waals surface area contributed by atoms with Crippen LogP contribution in [0, 0.1) is 5.41 Å². The molecule has 0 aliphatic heterocycles. The van der Waals surface area contributed by atoms with Gasteiger partial charge >= 0.3 is 5.97 Å². The Balaban J connectivity index is 2.52. The van der Waals surface area contributed by atoms with E-state index in [1.54, 1.807) is 0 Å². The van der Waals surface area contributed by atoms with Gasteiger partial charge in [0, 0.05) is 5.41 Å². The number of carboxylic acid groups (broad SMARTS) is 1. The van der Waals surface area contributed by atoms with Crippen molar-refractivity contribution < 1.29 is 14.3 Å². The predicted octanol–water partition coefficient (Wildman–Crippen LogP) is 1.99. The summed E-state index contributed by atoms with van der Waals surface area (Å²) in [5, 5.41) is 8.50. The predicted molar refractivity (Wildman–Crippen MR) is 39.1 cm³/mol. The Morgan fingerprint density at radius 1 is 1.45 bits per heavy atom. The Labute approximate surface area is 65.4 Å². The van der Waals surface area contributed by atoms with Gasteiger partial charge in [0.25, 0.3) is 0 Å². The molecule has 3 heteroatoms. The molecule has 0 aromatic heterocycles. The van der Waals surface area contributed by atoms with Crippen LogP contribution < -0.4 is 0 Å². The maximum atomic E-state index is 12.5. The zero-order chi connectivity index (χ0) is 8.32. The Bertz CT molecular complexity index is 150. The zero-order valence-electron chi connectivity index (χ0n) is 6.48. The van der Waals surface area contributed by atoms with Crippen LogP contribution in [-0.4, -0.2) is 17.8 Å². The first-order valence-electron chi connectivity index (χ1n) is 3.96. The molecule has 0 spiro atoms. The monoisotopic (exact) mass is 160 g/mol. The lowest BCUT2D eigenvalue weighted by atomic mass is 9.84. The molecule has 1 N–H and O–H groups in total. The summed E-state index contributed by atoms with van der Waals surface area (Å²) in [6.07, 6.45) is 3.46. The van der Waals surface area contributed by atoms with Gasteiger partial charge in [0.2, 0.25) is 0 Å². The Morgan fingerprint density at radius 2 is 2.00 bits per heavy atom. The van der Waals surface area contributed by atoms with Gasteiger partial charge in [0.1, 0.15) is 0 Å². The molecule has 1 fully saturated rings. The van der Waals surface area contributed by atoms with Crippen LogP contribution in [0.25, 0.3) is 0 Å². The highest BCUT2D eigenvalue weighted by Crippen LogP contribution is 2.41. The van der Waals surface area contributed by atoms with Crippen molar-refractivity contribution in [1.82, 2.24) is 0 Å². The van der Waals surface area contributed by atoms with Crippen LogP contribution in [0.4, 0.5) is 4.39 Å². The molecule has 11 heavy (non-hydrogen) atoms. The van der Waals surface area contributed by atoms with Gasteiger partial charge in [-0.05, 0) is 12.8 Å². The van der Waals surface area contributed by atoms with Gasteiger partial charge in [-0.1, -0.05) is 12.8 Å². The number of carbonyl (C=O) groups is 1. The summed E-state index contributed by atoms with van der Waals surface area (Å²) >= 11 is 0. The zero-order valence-corrected chi connectivity index (χ0v) is 6.48. The van der Waals surface area contributed by atoms with Gasteiger partial charge in [-0.3, -0.25) is 9.18 Å². The molecule has 0 aromatic carbocycles. The van der Waals surface area contributed by atoms with Gasteiger partial charge < -0.3 is 5.11 Å². The van der Waals surface area contributed by atoms with E-state index in [0.29, 0.717) is 0 Å². The lowest BCUT2D eigenvalue weighted by molar-refractivity contribution is -0.140. The van der Waals surface area contributed by atoms with E-state index < -0.39 is 18.1 Å². The summed E-state index contributed by atoms with van der Waals surface area (Å²) in [4.78, 5) is 10.4. The molecule has 1 saturated carbocycles. The van der Waals surface area contributed by atoms with E-state index in [2.05, 4.69) is 0 Å². The van der Waals surface area contributed by atoms with Crippen LogP contribution in [0.15, 0.2) is 0 Å². The summed E-state index contributed by atoms with van der Waals surface area (Å²) in [5.41, 5.74) is -0.508. The summed E-state index contributed by atoms with van der Waals surface area (Å²) < 4.78 is 12.5. The summed E-state index contributed by atoms with van der Waals surface area (Å²) in [6, 6.07) is 0. The molecule has 0 aromatic rings. The highest BCUT2D eigenvalue weighted by atomic mass is 19.1. The van der Waals surface area contributed by atoms with Crippen molar-refractivity contribution in [2.75, 3.05) is 6.67 Å². The van der Waals surface area contributed by atoms with Crippen molar-refractivity contribution in [3.8, 4) is 0 Å². The first kappa shape index (κ1) is 8.50. The average molecular weight is 160 g/mol. The van der Waals surface area contributed by atoms with Crippen molar-refractivity contribution in [3.63, 3.8) is 0 Å². The fraction of sp³-hybridized carbons (Fsp3) is 0.875. The maximum absolute atomic E-state index is 12.5. The quantitative estimate of drug-likeness (QED) is 0.685. The van der Waals surface area contributed by atoms with E-state index >= 15 is 0 Å². The minimum atomic E-state index is -0.871. The third kappa shape index (κ3) is 1.91. The van der Waals surface area contributed by atoms with Gasteiger partial charge in [0.15, 0.2) is 0 Å². The average Bonchev–Trinajstić information content (AvgIpc) is 2.36. The minimum absolute atomic E-state index is 0.00347. The molecule has 1 rings (SSSR count). The molecule has 0 atom stereocenters. The fourth-order valence-electron chi connectivity index (χ4n) is 1.80. The summed E-state index contributed by atoms with van der Waals surface area (Å²) in [7, 11) is 0. The number of hydrogen-bond acceptors (Lipinski definition) is 1. The maximum Gasteiger partial charge on any atom is 0.304 e. The molecule has 1 aliphatic carbocycles. The number of aliphatic carboxylic acids is 1. The molecular weight excluding hydrogens is 147 g/mol. The third-order valence-corrected chi connectivity index (χ3v) is 2.47. The van der Waals surface area contributed by atoms with Crippen LogP contribution in [0.5, 0.6) is 0 Å². The summed E-state index contributed by atoms with van der Waals surface area (Å²) in [6.45, 7) is -0.473. The minimum Gasteiger partial charge on any atom is -0.481 e. The normalized spacial score (nSPS) is 21.9. The second-order valence-electron chi connectivity index (χ2n) is 3.41. The number of rotatable bonds is 3. The van der Waals surface area contributed by atoms with E-state index in [1.807, 2.05) is 0 Å². The smallest absolute Gasteiger partial charge is 0.304 e. The molecule has 0 bridgehead atoms. The first-order valence-corrected chi connectivity index (χ1v) is 3.96. The van der Waals surface area contributed by atoms with Crippen LogP contribution in [-0.2, 0) is 4.79 Å². The molecule has 0 amide bonds. The van der Waals surface area contributed by atoms with Crippen molar-refractivity contribution in [2.45, 2.75) is 32.1 Å². The molecule has 0 saturated heterocycles. The SMILES string of the molecule is O=C(O)CC1(CF)CCCC1. The Kier molecular flexibility index (Phi) is 2.47. The second kappa shape index (κ2) is 3.20. The van der Waals surface area contributed by atoms with E-state index in [-0.39, 0.29) is 6.42 Å². The molecule has 0 unspecified atom stereocenters. The Hall–Kier alpha value is -0.600. The number of halogens is 1. The molecule has 0 heterocycles. The van der Waals surface area contributed by atoms with Crippen LogP contribution in [0.2, 0.25) is 0 Å². The highest BCUT2D eigenvalue weighted by Gasteiger charge is 2.35. The van der Waals surface area contributed by atoms with E-state index in [9.17, 15) is 9.18 Å². The lowest BCUT2D eigenvalue weighted by Gasteiger charge is -2.22. The van der Waals surface area contributed by atoms with E-state index in [4.69, 9.17) is 5.11 Å². The number of hydrogen-bond donors (Lipinski definition) is 1. The van der Waals surface area contributed by atoms with Crippen molar-refractivity contribution >= 4 is 5.97 Å². The highest BCUT2D eigenvalue weighted by molar-refractivity contribution is 5.67. The standard InChI is InChI=1S/C8H13FO2/c9-6-8(5-7(10)11)3-1-2-4-8/h1-6H2,(H,10,11). The first-order chi connectivity index (χ1) is 5.18. The van der Waals surface area contributed by atoms with Crippen molar-refractivity contribution in [2.24, 2.45) is 5.41 Å². The molecule has 1 aliphatic rings. The van der Waals surface area contributed by atoms with Crippen LogP contribution >= 0.6 is 0 Å². The fourth-order valence-corrected chi connectivity index (χ4v) is 1.80. The second-order valence-corrected chi connectivity index (χ2v) is 3.41. The number of carboxylic acids is 1. The Morgan fingerprint density at radius 3 is 2.36 bits per heavy atom. The molecular formula is C8H13FO2. The van der Waals surface area contributed by atoms with E-state index in [1.165, 1.54) is 0 Å². The van der Waals surface area contributed by atoms with Gasteiger partial charge in [-0.25, -0.2) is 0 Å². The summed E-state index contributed by atoms with van der Waals surface area (Å²) in [5.74, 6) is -0.871. The van der Waals surface area contributed by atoms with Gasteiger partial charge in [-0.15, -0.1) is 0 Å². The molecule has 64 valence electrons. The molecule has 0 radical (unpaired) electrons.